The third-order valence-corrected chi connectivity index (χ3v) is 8.67. The van der Waals surface area contributed by atoms with E-state index in [4.69, 9.17) is 10.2 Å². The molecule has 0 atom stereocenters. The molecule has 0 spiro atoms. The van der Waals surface area contributed by atoms with Crippen LogP contribution in [0.1, 0.15) is 0 Å². The number of benzene rings is 4. The lowest BCUT2D eigenvalue weighted by molar-refractivity contribution is 0.577. The molecule has 0 aliphatic carbocycles. The van der Waals surface area contributed by atoms with Crippen LogP contribution in [-0.2, 0) is 0 Å². The van der Waals surface area contributed by atoms with Gasteiger partial charge in [0.15, 0.2) is 0 Å². The molecule has 0 bridgehead atoms. The first-order chi connectivity index (χ1) is 13.3. The summed E-state index contributed by atoms with van der Waals surface area (Å²) in [7, 11) is -2.72. The Kier molecular flexibility index (Phi) is 4.77. The fourth-order valence-corrected chi connectivity index (χ4v) is 7.24. The molecule has 2 N–H and O–H groups in total. The molecule has 0 saturated carbocycles. The van der Waals surface area contributed by atoms with Crippen molar-refractivity contribution in [1.82, 2.24) is 0 Å². The molecule has 0 amide bonds. The third kappa shape index (κ3) is 3.37. The number of nitrogens with two attached hydrogens (primary N) is 1. The lowest BCUT2D eigenvalue weighted by atomic mass is 10.3. The Morgan fingerprint density at radius 1 is 0.481 bits per heavy atom. The molecule has 4 aromatic carbocycles. The van der Waals surface area contributed by atoms with E-state index in [9.17, 15) is 0 Å². The molecule has 0 aliphatic rings. The Hall–Kier alpha value is -3.30. The number of nitrogen functional groups attached to an aromatic ring is 1. The molecule has 0 aliphatic heterocycles. The second-order valence-corrected chi connectivity index (χ2v) is 9.75. The SMILES string of the molecule is Nc1ccc(O[Si](c2ccccc2)(c2ccccc2)c2ccccc2)cc1. The summed E-state index contributed by atoms with van der Waals surface area (Å²) < 4.78 is 6.90. The molecule has 2 nitrogen and oxygen atoms in total. The first kappa shape index (κ1) is 17.1. The highest BCUT2D eigenvalue weighted by Crippen LogP contribution is 2.19. The number of hydrogen-bond donors (Lipinski definition) is 1. The molecule has 4 aromatic rings. The van der Waals surface area contributed by atoms with Crippen molar-refractivity contribution in [1.29, 1.82) is 0 Å². The van der Waals surface area contributed by atoms with Crippen LogP contribution in [0, 0.1) is 0 Å². The average molecular weight is 368 g/mol. The van der Waals surface area contributed by atoms with Crippen LogP contribution >= 0.6 is 0 Å². The highest BCUT2D eigenvalue weighted by Gasteiger charge is 2.43. The maximum absolute atomic E-state index is 6.90. The lowest BCUT2D eigenvalue weighted by Gasteiger charge is -2.33. The number of hydrogen-bond acceptors (Lipinski definition) is 2. The highest BCUT2D eigenvalue weighted by atomic mass is 28.4. The van der Waals surface area contributed by atoms with Gasteiger partial charge in [-0.15, -0.1) is 0 Å². The largest absolute Gasteiger partial charge is 0.530 e. The molecular weight excluding hydrogens is 346 g/mol. The van der Waals surface area contributed by atoms with Crippen molar-refractivity contribution in [3.8, 4) is 5.75 Å². The molecule has 3 heteroatoms. The van der Waals surface area contributed by atoms with E-state index in [1.54, 1.807) is 0 Å². The van der Waals surface area contributed by atoms with E-state index in [-0.39, 0.29) is 0 Å². The van der Waals surface area contributed by atoms with Gasteiger partial charge in [-0.2, -0.15) is 0 Å². The summed E-state index contributed by atoms with van der Waals surface area (Å²) in [5.74, 6) is 0.826. The van der Waals surface area contributed by atoms with Gasteiger partial charge in [-0.1, -0.05) is 91.0 Å². The predicted molar refractivity (Wildman–Crippen MR) is 115 cm³/mol. The Balaban J connectivity index is 1.98. The fourth-order valence-electron chi connectivity index (χ4n) is 3.41. The zero-order valence-corrected chi connectivity index (χ0v) is 16.0. The molecule has 0 unspecified atom stereocenters. The van der Waals surface area contributed by atoms with Crippen molar-refractivity contribution in [2.45, 2.75) is 0 Å². The van der Waals surface area contributed by atoms with Crippen LogP contribution in [0.25, 0.3) is 0 Å². The van der Waals surface area contributed by atoms with Crippen LogP contribution in [-0.4, -0.2) is 8.32 Å². The Morgan fingerprint density at radius 3 is 1.22 bits per heavy atom. The topological polar surface area (TPSA) is 35.2 Å². The zero-order chi connectivity index (χ0) is 18.5. The lowest BCUT2D eigenvalue weighted by Crippen LogP contribution is -2.71. The van der Waals surface area contributed by atoms with E-state index < -0.39 is 8.32 Å². The van der Waals surface area contributed by atoms with Crippen LogP contribution in [0.15, 0.2) is 115 Å². The second-order valence-electron chi connectivity index (χ2n) is 6.45. The molecule has 0 heterocycles. The summed E-state index contributed by atoms with van der Waals surface area (Å²) in [6.07, 6.45) is 0. The van der Waals surface area contributed by atoms with Gasteiger partial charge in [0.25, 0.3) is 0 Å². The maximum Gasteiger partial charge on any atom is 0.346 e. The fraction of sp³-hybridized carbons (Fsp3) is 0. The van der Waals surface area contributed by atoms with Crippen LogP contribution < -0.4 is 25.7 Å². The van der Waals surface area contributed by atoms with Gasteiger partial charge in [-0.3, -0.25) is 0 Å². The monoisotopic (exact) mass is 367 g/mol. The van der Waals surface area contributed by atoms with Gasteiger partial charge in [0.05, 0.1) is 0 Å². The van der Waals surface area contributed by atoms with Gasteiger partial charge in [-0.25, -0.2) is 0 Å². The van der Waals surface area contributed by atoms with E-state index in [0.29, 0.717) is 0 Å². The van der Waals surface area contributed by atoms with E-state index in [2.05, 4.69) is 72.8 Å². The van der Waals surface area contributed by atoms with Gasteiger partial charge < -0.3 is 10.2 Å². The normalized spacial score (nSPS) is 11.1. The second kappa shape index (κ2) is 7.52. The van der Waals surface area contributed by atoms with Gasteiger partial charge >= 0.3 is 8.32 Å². The number of anilines is 1. The van der Waals surface area contributed by atoms with Crippen molar-refractivity contribution in [2.24, 2.45) is 0 Å². The third-order valence-electron chi connectivity index (χ3n) is 4.69. The minimum absolute atomic E-state index is 0.730. The predicted octanol–water partition coefficient (Wildman–Crippen LogP) is 3.31. The van der Waals surface area contributed by atoms with Crippen LogP contribution in [0.3, 0.4) is 0 Å². The molecule has 0 fully saturated rings. The standard InChI is InChI=1S/C24H21NOSi/c25-20-16-18-21(19-17-20)26-27(22-10-4-1-5-11-22,23-12-6-2-7-13-23)24-14-8-3-9-15-24/h1-19H,25H2. The maximum atomic E-state index is 6.90. The molecule has 132 valence electrons. The summed E-state index contributed by atoms with van der Waals surface area (Å²) in [4.78, 5) is 0. The summed E-state index contributed by atoms with van der Waals surface area (Å²) in [6, 6.07) is 39.3. The Morgan fingerprint density at radius 2 is 0.852 bits per heavy atom. The van der Waals surface area contributed by atoms with Crippen molar-refractivity contribution in [2.75, 3.05) is 5.73 Å². The van der Waals surface area contributed by atoms with Crippen molar-refractivity contribution < 1.29 is 4.43 Å². The van der Waals surface area contributed by atoms with Crippen LogP contribution in [0.2, 0.25) is 0 Å². The first-order valence-electron chi connectivity index (χ1n) is 9.00. The van der Waals surface area contributed by atoms with Gasteiger partial charge in [0, 0.05) is 5.69 Å². The van der Waals surface area contributed by atoms with E-state index in [1.165, 1.54) is 15.6 Å². The van der Waals surface area contributed by atoms with Crippen LogP contribution in [0.4, 0.5) is 5.69 Å². The van der Waals surface area contributed by atoms with E-state index >= 15 is 0 Å². The van der Waals surface area contributed by atoms with Crippen molar-refractivity contribution >= 4 is 29.6 Å². The molecule has 4 rings (SSSR count). The Labute approximate surface area is 161 Å². The van der Waals surface area contributed by atoms with E-state index in [0.717, 1.165) is 11.4 Å². The molecule has 0 aromatic heterocycles. The van der Waals surface area contributed by atoms with Gasteiger partial charge in [0.2, 0.25) is 0 Å². The van der Waals surface area contributed by atoms with Gasteiger partial charge in [0.1, 0.15) is 5.75 Å². The molecular formula is C24H21NOSi. The summed E-state index contributed by atoms with van der Waals surface area (Å²) in [5, 5.41) is 3.62. The molecule has 0 saturated heterocycles. The molecule has 27 heavy (non-hydrogen) atoms. The van der Waals surface area contributed by atoms with Crippen molar-refractivity contribution in [3.63, 3.8) is 0 Å². The highest BCUT2D eigenvalue weighted by molar-refractivity contribution is 7.07. The minimum Gasteiger partial charge on any atom is -0.530 e. The Bertz CT molecular complexity index is 890. The van der Waals surface area contributed by atoms with Gasteiger partial charge in [-0.05, 0) is 39.8 Å². The quantitative estimate of drug-likeness (QED) is 0.334. The minimum atomic E-state index is -2.72. The zero-order valence-electron chi connectivity index (χ0n) is 15.0. The molecule has 0 radical (unpaired) electrons. The summed E-state index contributed by atoms with van der Waals surface area (Å²) in [6.45, 7) is 0. The van der Waals surface area contributed by atoms with E-state index in [1.807, 2.05) is 42.5 Å². The smallest absolute Gasteiger partial charge is 0.346 e. The summed E-state index contributed by atoms with van der Waals surface area (Å²) in [5.41, 5.74) is 6.61. The summed E-state index contributed by atoms with van der Waals surface area (Å²) >= 11 is 0. The van der Waals surface area contributed by atoms with Crippen molar-refractivity contribution in [3.05, 3.63) is 115 Å². The number of rotatable bonds is 5. The van der Waals surface area contributed by atoms with Crippen LogP contribution in [0.5, 0.6) is 5.75 Å². The first-order valence-corrected chi connectivity index (χ1v) is 10.9. The average Bonchev–Trinajstić information content (AvgIpc) is 2.75.